The predicted octanol–water partition coefficient (Wildman–Crippen LogP) is 3.35. The van der Waals surface area contributed by atoms with Crippen LogP contribution in [0.5, 0.6) is 0 Å². The lowest BCUT2D eigenvalue weighted by Crippen LogP contribution is -2.33. The summed E-state index contributed by atoms with van der Waals surface area (Å²) in [5.74, 6) is -1.14. The van der Waals surface area contributed by atoms with E-state index in [4.69, 9.17) is 4.74 Å². The third-order valence-electron chi connectivity index (χ3n) is 4.05. The number of hydrogen-bond acceptors (Lipinski definition) is 5. The molecule has 0 spiro atoms. The molecule has 0 atom stereocenters. The molecule has 6 heteroatoms. The third-order valence-corrected chi connectivity index (χ3v) is 5.15. The van der Waals surface area contributed by atoms with Gasteiger partial charge in [-0.15, -0.1) is 11.3 Å². The van der Waals surface area contributed by atoms with E-state index in [1.807, 2.05) is 24.3 Å². The molecule has 1 aromatic heterocycles. The number of carbonyl (C=O) groups is 3. The summed E-state index contributed by atoms with van der Waals surface area (Å²) in [6, 6.07) is 16.2. The van der Waals surface area contributed by atoms with Gasteiger partial charge in [-0.1, -0.05) is 30.3 Å². The Balaban J connectivity index is 1.40. The van der Waals surface area contributed by atoms with E-state index in [2.05, 4.69) is 0 Å². The molecule has 0 saturated carbocycles. The zero-order valence-corrected chi connectivity index (χ0v) is 13.9. The van der Waals surface area contributed by atoms with E-state index in [1.165, 1.54) is 11.3 Å². The quantitative estimate of drug-likeness (QED) is 0.534. The first-order valence-corrected chi connectivity index (χ1v) is 8.58. The van der Waals surface area contributed by atoms with Crippen LogP contribution in [-0.4, -0.2) is 35.8 Å². The number of rotatable bonds is 4. The first kappa shape index (κ1) is 15.5. The van der Waals surface area contributed by atoms with E-state index < -0.39 is 5.97 Å². The molecular formula is C19H13NO4S. The van der Waals surface area contributed by atoms with Gasteiger partial charge in [0, 0.05) is 4.70 Å². The van der Waals surface area contributed by atoms with Gasteiger partial charge in [0.15, 0.2) is 0 Å². The van der Waals surface area contributed by atoms with Crippen LogP contribution >= 0.6 is 11.3 Å². The van der Waals surface area contributed by atoms with E-state index in [0.717, 1.165) is 15.0 Å². The number of amides is 2. The molecule has 0 saturated heterocycles. The van der Waals surface area contributed by atoms with E-state index in [-0.39, 0.29) is 25.0 Å². The largest absolute Gasteiger partial charge is 0.460 e. The highest BCUT2D eigenvalue weighted by atomic mass is 32.1. The van der Waals surface area contributed by atoms with E-state index >= 15 is 0 Å². The number of carbonyl (C=O) groups excluding carboxylic acids is 3. The van der Waals surface area contributed by atoms with E-state index in [0.29, 0.717) is 16.0 Å². The zero-order chi connectivity index (χ0) is 17.4. The maximum atomic E-state index is 12.2. The molecule has 1 aliphatic heterocycles. The van der Waals surface area contributed by atoms with Crippen molar-refractivity contribution in [2.75, 3.05) is 13.2 Å². The minimum absolute atomic E-state index is 0.0292. The average molecular weight is 351 g/mol. The lowest BCUT2D eigenvalue weighted by atomic mass is 10.1. The van der Waals surface area contributed by atoms with Crippen molar-refractivity contribution in [3.63, 3.8) is 0 Å². The van der Waals surface area contributed by atoms with Crippen LogP contribution < -0.4 is 0 Å². The molecule has 0 fully saturated rings. The molecule has 0 aliphatic carbocycles. The van der Waals surface area contributed by atoms with Crippen molar-refractivity contribution in [2.45, 2.75) is 0 Å². The van der Waals surface area contributed by atoms with Gasteiger partial charge in [0.05, 0.1) is 17.7 Å². The molecule has 124 valence electrons. The predicted molar refractivity (Wildman–Crippen MR) is 93.9 cm³/mol. The molecular weight excluding hydrogens is 338 g/mol. The van der Waals surface area contributed by atoms with E-state index in [9.17, 15) is 14.4 Å². The Morgan fingerprint density at radius 1 is 0.960 bits per heavy atom. The van der Waals surface area contributed by atoms with E-state index in [1.54, 1.807) is 30.3 Å². The van der Waals surface area contributed by atoms with Crippen molar-refractivity contribution in [1.29, 1.82) is 0 Å². The Bertz CT molecular complexity index is 939. The van der Waals surface area contributed by atoms with Crippen molar-refractivity contribution in [1.82, 2.24) is 4.90 Å². The molecule has 0 N–H and O–H groups in total. The molecule has 1 aliphatic rings. The number of fused-ring (bicyclic) bond motifs is 2. The first-order valence-electron chi connectivity index (χ1n) is 7.76. The smallest absolute Gasteiger partial charge is 0.348 e. The Kier molecular flexibility index (Phi) is 3.82. The minimum Gasteiger partial charge on any atom is -0.460 e. The number of hydrogen-bond donors (Lipinski definition) is 0. The number of ether oxygens (including phenoxy) is 1. The van der Waals surface area contributed by atoms with Gasteiger partial charge in [-0.3, -0.25) is 14.5 Å². The third kappa shape index (κ3) is 2.70. The summed E-state index contributed by atoms with van der Waals surface area (Å²) in [7, 11) is 0. The van der Waals surface area contributed by atoms with Crippen LogP contribution in [0.3, 0.4) is 0 Å². The summed E-state index contributed by atoms with van der Waals surface area (Å²) in [6.45, 7) is 0.0154. The second-order valence-electron chi connectivity index (χ2n) is 5.59. The SMILES string of the molecule is O=C(OCCN1C(=O)c2ccccc2C1=O)c1cc2ccccc2s1. The normalized spacial score (nSPS) is 13.4. The molecule has 4 rings (SSSR count). The molecule has 5 nitrogen and oxygen atoms in total. The second kappa shape index (κ2) is 6.14. The number of imide groups is 1. The lowest BCUT2D eigenvalue weighted by molar-refractivity contribution is 0.0424. The van der Waals surface area contributed by atoms with Crippen LogP contribution in [0, 0.1) is 0 Å². The maximum absolute atomic E-state index is 12.2. The summed E-state index contributed by atoms with van der Waals surface area (Å²) in [4.78, 5) is 38.3. The highest BCUT2D eigenvalue weighted by molar-refractivity contribution is 7.20. The Labute approximate surface area is 147 Å². The summed E-state index contributed by atoms with van der Waals surface area (Å²) in [5.41, 5.74) is 0.784. The van der Waals surface area contributed by atoms with Crippen molar-refractivity contribution in [3.05, 3.63) is 70.6 Å². The standard InChI is InChI=1S/C19H13NO4S/c21-17-13-6-2-3-7-14(13)18(22)20(17)9-10-24-19(23)16-11-12-5-1-4-8-15(12)25-16/h1-8,11H,9-10H2. The second-order valence-corrected chi connectivity index (χ2v) is 6.68. The van der Waals surface area contributed by atoms with Gasteiger partial charge in [0.2, 0.25) is 0 Å². The summed E-state index contributed by atoms with van der Waals surface area (Å²) in [6.07, 6.45) is 0. The minimum atomic E-state index is -0.446. The van der Waals surface area contributed by atoms with Gasteiger partial charge in [0.25, 0.3) is 11.8 Å². The fourth-order valence-electron chi connectivity index (χ4n) is 2.83. The fourth-order valence-corrected chi connectivity index (χ4v) is 3.78. The summed E-state index contributed by atoms with van der Waals surface area (Å²) < 4.78 is 6.25. The lowest BCUT2D eigenvalue weighted by Gasteiger charge is -2.13. The molecule has 2 heterocycles. The van der Waals surface area contributed by atoms with Crippen molar-refractivity contribution in [3.8, 4) is 0 Å². The zero-order valence-electron chi connectivity index (χ0n) is 13.1. The van der Waals surface area contributed by atoms with Crippen LogP contribution in [0.15, 0.2) is 54.6 Å². The van der Waals surface area contributed by atoms with Crippen molar-refractivity contribution >= 4 is 39.2 Å². The molecule has 2 amide bonds. The Morgan fingerprint density at radius 3 is 2.28 bits per heavy atom. The van der Waals surface area contributed by atoms with Gasteiger partial charge >= 0.3 is 5.97 Å². The number of thiophene rings is 1. The molecule has 3 aromatic rings. The highest BCUT2D eigenvalue weighted by Gasteiger charge is 2.34. The number of benzene rings is 2. The van der Waals surface area contributed by atoms with Gasteiger partial charge in [-0.2, -0.15) is 0 Å². The first-order chi connectivity index (χ1) is 12.1. The van der Waals surface area contributed by atoms with Crippen LogP contribution in [0.4, 0.5) is 0 Å². The Morgan fingerprint density at radius 2 is 1.60 bits per heavy atom. The van der Waals surface area contributed by atoms with Gasteiger partial charge < -0.3 is 4.74 Å². The summed E-state index contributed by atoms with van der Waals surface area (Å²) >= 11 is 1.36. The van der Waals surface area contributed by atoms with Gasteiger partial charge in [-0.05, 0) is 29.7 Å². The monoisotopic (exact) mass is 351 g/mol. The molecule has 0 unspecified atom stereocenters. The Hall–Kier alpha value is -2.99. The average Bonchev–Trinajstić information content (AvgIpc) is 3.17. The highest BCUT2D eigenvalue weighted by Crippen LogP contribution is 2.26. The van der Waals surface area contributed by atoms with Crippen molar-refractivity contribution in [2.24, 2.45) is 0 Å². The molecule has 0 bridgehead atoms. The molecule has 2 aromatic carbocycles. The maximum Gasteiger partial charge on any atom is 0.348 e. The topological polar surface area (TPSA) is 63.7 Å². The van der Waals surface area contributed by atoms with Crippen LogP contribution in [0.2, 0.25) is 0 Å². The molecule has 25 heavy (non-hydrogen) atoms. The number of esters is 1. The molecule has 0 radical (unpaired) electrons. The van der Waals surface area contributed by atoms with Crippen molar-refractivity contribution < 1.29 is 19.1 Å². The van der Waals surface area contributed by atoms with Gasteiger partial charge in [-0.25, -0.2) is 4.79 Å². The van der Waals surface area contributed by atoms with Crippen LogP contribution in [-0.2, 0) is 4.74 Å². The fraction of sp³-hybridized carbons (Fsp3) is 0.105. The van der Waals surface area contributed by atoms with Crippen LogP contribution in [0.25, 0.3) is 10.1 Å². The van der Waals surface area contributed by atoms with Crippen LogP contribution in [0.1, 0.15) is 30.4 Å². The number of nitrogens with zero attached hydrogens (tertiary/aromatic N) is 1. The summed E-state index contributed by atoms with van der Waals surface area (Å²) in [5, 5.41) is 0.986. The van der Waals surface area contributed by atoms with Gasteiger partial charge in [0.1, 0.15) is 11.5 Å².